The summed E-state index contributed by atoms with van der Waals surface area (Å²) < 4.78 is 4.86. The number of aliphatic carboxylic acids is 1. The molecular weight excluding hydrogens is 160 g/mol. The molecule has 70 valence electrons. The molecule has 1 N–H and O–H groups in total. The molecule has 0 radical (unpaired) electrons. The van der Waals surface area contributed by atoms with Crippen molar-refractivity contribution < 1.29 is 19.4 Å². The molecule has 0 aliphatic rings. The van der Waals surface area contributed by atoms with E-state index >= 15 is 0 Å². The van der Waals surface area contributed by atoms with Crippen LogP contribution in [-0.4, -0.2) is 30.1 Å². The van der Waals surface area contributed by atoms with Crippen molar-refractivity contribution in [2.75, 3.05) is 7.11 Å². The van der Waals surface area contributed by atoms with Gasteiger partial charge in [-0.1, -0.05) is 13.8 Å². The first-order valence-electron chi connectivity index (χ1n) is 3.76. The fourth-order valence-electron chi connectivity index (χ4n) is 1.03. The SMILES string of the molecule is CO[C@H](C(=O)CC(=O)O)C(C)C. The van der Waals surface area contributed by atoms with E-state index in [1.807, 2.05) is 13.8 Å². The number of carbonyl (C=O) groups excluding carboxylic acids is 1. The highest BCUT2D eigenvalue weighted by molar-refractivity contribution is 5.97. The molecule has 4 heteroatoms. The Morgan fingerprint density at radius 1 is 1.42 bits per heavy atom. The van der Waals surface area contributed by atoms with Crippen molar-refractivity contribution in [3.05, 3.63) is 0 Å². The second-order valence-electron chi connectivity index (χ2n) is 2.94. The van der Waals surface area contributed by atoms with E-state index in [0.29, 0.717) is 0 Å². The lowest BCUT2D eigenvalue weighted by molar-refractivity contribution is -0.144. The fraction of sp³-hybridized carbons (Fsp3) is 0.750. The van der Waals surface area contributed by atoms with Gasteiger partial charge >= 0.3 is 5.97 Å². The number of carbonyl (C=O) groups is 2. The average molecular weight is 174 g/mol. The first kappa shape index (κ1) is 11.1. The third-order valence-electron chi connectivity index (χ3n) is 1.50. The maximum absolute atomic E-state index is 11.1. The van der Waals surface area contributed by atoms with Crippen LogP contribution in [0.15, 0.2) is 0 Å². The van der Waals surface area contributed by atoms with Gasteiger partial charge in [-0.05, 0) is 5.92 Å². The number of hydrogen-bond acceptors (Lipinski definition) is 3. The minimum atomic E-state index is -1.11. The number of ketones is 1. The second kappa shape index (κ2) is 4.87. The van der Waals surface area contributed by atoms with Crippen LogP contribution in [0.4, 0.5) is 0 Å². The summed E-state index contributed by atoms with van der Waals surface area (Å²) in [6.07, 6.45) is -1.06. The lowest BCUT2D eigenvalue weighted by Crippen LogP contribution is -2.30. The van der Waals surface area contributed by atoms with Crippen LogP contribution < -0.4 is 0 Å². The molecular formula is C8H14O4. The lowest BCUT2D eigenvalue weighted by Gasteiger charge is -2.16. The van der Waals surface area contributed by atoms with Crippen LogP contribution in [0.3, 0.4) is 0 Å². The highest BCUT2D eigenvalue weighted by Gasteiger charge is 2.23. The average Bonchev–Trinajstić information content (AvgIpc) is 1.85. The van der Waals surface area contributed by atoms with Gasteiger partial charge in [0, 0.05) is 7.11 Å². The quantitative estimate of drug-likeness (QED) is 0.623. The van der Waals surface area contributed by atoms with E-state index < -0.39 is 18.5 Å². The van der Waals surface area contributed by atoms with Crippen molar-refractivity contribution in [3.63, 3.8) is 0 Å². The molecule has 0 aromatic carbocycles. The normalized spacial score (nSPS) is 13.0. The summed E-state index contributed by atoms with van der Waals surface area (Å²) in [5, 5.41) is 8.33. The van der Waals surface area contributed by atoms with E-state index in [0.717, 1.165) is 0 Å². The third kappa shape index (κ3) is 3.48. The summed E-state index contributed by atoms with van der Waals surface area (Å²) in [5.74, 6) is -1.47. The smallest absolute Gasteiger partial charge is 0.310 e. The topological polar surface area (TPSA) is 63.6 Å². The maximum atomic E-state index is 11.1. The van der Waals surface area contributed by atoms with Gasteiger partial charge in [-0.2, -0.15) is 0 Å². The zero-order chi connectivity index (χ0) is 9.72. The number of carboxylic acid groups (broad SMARTS) is 1. The third-order valence-corrected chi connectivity index (χ3v) is 1.50. The highest BCUT2D eigenvalue weighted by Crippen LogP contribution is 2.08. The predicted molar refractivity (Wildman–Crippen MR) is 42.9 cm³/mol. The van der Waals surface area contributed by atoms with Crippen molar-refractivity contribution in [2.45, 2.75) is 26.4 Å². The van der Waals surface area contributed by atoms with Crippen LogP contribution in [0.25, 0.3) is 0 Å². The van der Waals surface area contributed by atoms with Gasteiger partial charge in [0.2, 0.25) is 0 Å². The van der Waals surface area contributed by atoms with Gasteiger partial charge in [0.25, 0.3) is 0 Å². The van der Waals surface area contributed by atoms with Crippen LogP contribution in [0.1, 0.15) is 20.3 Å². The number of carboxylic acids is 1. The summed E-state index contributed by atoms with van der Waals surface area (Å²) in [5.41, 5.74) is 0. The molecule has 0 saturated heterocycles. The molecule has 4 nitrogen and oxygen atoms in total. The Bertz CT molecular complexity index is 174. The highest BCUT2D eigenvalue weighted by atomic mass is 16.5. The summed E-state index contributed by atoms with van der Waals surface area (Å²) in [6.45, 7) is 3.63. The molecule has 1 atom stereocenters. The predicted octanol–water partition coefficient (Wildman–Crippen LogP) is 0.701. The first-order valence-corrected chi connectivity index (χ1v) is 3.76. The minimum absolute atomic E-state index is 0.0156. The van der Waals surface area contributed by atoms with Crippen LogP contribution in [0, 0.1) is 5.92 Å². The molecule has 0 aliphatic heterocycles. The van der Waals surface area contributed by atoms with E-state index in [1.165, 1.54) is 7.11 Å². The Morgan fingerprint density at radius 3 is 2.17 bits per heavy atom. The Kier molecular flexibility index (Phi) is 4.51. The fourth-order valence-corrected chi connectivity index (χ4v) is 1.03. The molecule has 0 aliphatic carbocycles. The van der Waals surface area contributed by atoms with Crippen LogP contribution in [0.5, 0.6) is 0 Å². The van der Waals surface area contributed by atoms with E-state index in [4.69, 9.17) is 9.84 Å². The van der Waals surface area contributed by atoms with Gasteiger partial charge in [-0.15, -0.1) is 0 Å². The summed E-state index contributed by atoms with van der Waals surface area (Å²) >= 11 is 0. The van der Waals surface area contributed by atoms with Gasteiger partial charge in [-0.3, -0.25) is 9.59 Å². The largest absolute Gasteiger partial charge is 0.481 e. The Labute approximate surface area is 71.5 Å². The molecule has 0 unspecified atom stereocenters. The first-order chi connectivity index (χ1) is 5.49. The second-order valence-corrected chi connectivity index (χ2v) is 2.94. The van der Waals surface area contributed by atoms with Gasteiger partial charge < -0.3 is 9.84 Å². The molecule has 0 rings (SSSR count). The lowest BCUT2D eigenvalue weighted by atomic mass is 10.0. The summed E-state index contributed by atoms with van der Waals surface area (Å²) in [4.78, 5) is 21.3. The zero-order valence-corrected chi connectivity index (χ0v) is 7.53. The van der Waals surface area contributed by atoms with E-state index in [1.54, 1.807) is 0 Å². The zero-order valence-electron chi connectivity index (χ0n) is 7.53. The van der Waals surface area contributed by atoms with Crippen molar-refractivity contribution in [1.82, 2.24) is 0 Å². The van der Waals surface area contributed by atoms with Crippen molar-refractivity contribution in [1.29, 1.82) is 0 Å². The standard InChI is InChI=1S/C8H14O4/c1-5(2)8(12-3)6(9)4-7(10)11/h5,8H,4H2,1-3H3,(H,10,11)/t8-/m0/s1. The molecule has 0 aromatic rings. The van der Waals surface area contributed by atoms with Gasteiger partial charge in [0.05, 0.1) is 0 Å². The van der Waals surface area contributed by atoms with Gasteiger partial charge in [-0.25, -0.2) is 0 Å². The van der Waals surface area contributed by atoms with Gasteiger partial charge in [0.1, 0.15) is 12.5 Å². The molecule has 0 spiro atoms. The summed E-state index contributed by atoms with van der Waals surface area (Å²) in [7, 11) is 1.41. The van der Waals surface area contributed by atoms with E-state index in [2.05, 4.69) is 0 Å². The van der Waals surface area contributed by atoms with Crippen LogP contribution in [0.2, 0.25) is 0 Å². The molecule has 0 heterocycles. The molecule has 0 amide bonds. The van der Waals surface area contributed by atoms with Crippen molar-refractivity contribution in [2.24, 2.45) is 5.92 Å². The molecule has 12 heavy (non-hydrogen) atoms. The van der Waals surface area contributed by atoms with Crippen molar-refractivity contribution >= 4 is 11.8 Å². The Morgan fingerprint density at radius 2 is 1.92 bits per heavy atom. The monoisotopic (exact) mass is 174 g/mol. The molecule has 0 bridgehead atoms. The maximum Gasteiger partial charge on any atom is 0.310 e. The molecule has 0 fully saturated rings. The van der Waals surface area contributed by atoms with Crippen LogP contribution in [-0.2, 0) is 14.3 Å². The minimum Gasteiger partial charge on any atom is -0.481 e. The number of hydrogen-bond donors (Lipinski definition) is 1. The van der Waals surface area contributed by atoms with E-state index in [9.17, 15) is 9.59 Å². The van der Waals surface area contributed by atoms with Gasteiger partial charge in [0.15, 0.2) is 5.78 Å². The number of Topliss-reactive ketones (excluding diaryl/α,β-unsaturated/α-hetero) is 1. The molecule has 0 aromatic heterocycles. The van der Waals surface area contributed by atoms with Crippen molar-refractivity contribution in [3.8, 4) is 0 Å². The van der Waals surface area contributed by atoms with Crippen LogP contribution >= 0.6 is 0 Å². The number of rotatable bonds is 5. The number of ether oxygens (including phenoxy) is 1. The molecule has 0 saturated carbocycles. The Balaban J connectivity index is 4.12. The number of methoxy groups -OCH3 is 1. The van der Waals surface area contributed by atoms with E-state index in [-0.39, 0.29) is 11.7 Å². The summed E-state index contributed by atoms with van der Waals surface area (Å²) in [6, 6.07) is 0. The Hall–Kier alpha value is -0.900.